The number of nitrogens with one attached hydrogen (secondary N) is 2. The first-order chi connectivity index (χ1) is 17.0. The van der Waals surface area contributed by atoms with Gasteiger partial charge in [0.25, 0.3) is 0 Å². The summed E-state index contributed by atoms with van der Waals surface area (Å²) < 4.78 is 1.94. The van der Waals surface area contributed by atoms with E-state index >= 15 is 0 Å². The number of imidazole rings is 2. The lowest BCUT2D eigenvalue weighted by atomic mass is 10.0. The second-order valence-corrected chi connectivity index (χ2v) is 9.03. The standard InChI is InChI=1S/C26H25N9/c1-16-14-35(15-29-16)23-13-28-12-22-25(23)31-26(30-22)24-20-9-18(4-5-21(20)32-33-24)19-8-17(10-27-11-19)6-7-34(2)3/h4-5,8-15H,6-7H2,1-3H3,(H,30,31)(H,32,33). The van der Waals surface area contributed by atoms with Gasteiger partial charge >= 0.3 is 0 Å². The zero-order valence-electron chi connectivity index (χ0n) is 19.8. The highest BCUT2D eigenvalue weighted by molar-refractivity contribution is 5.96. The SMILES string of the molecule is Cc1cn(-c2cncc3[nH]c(-c4n[nH]c5ccc(-c6cncc(CCN(C)C)c6)cc45)nc23)cn1. The molecule has 35 heavy (non-hydrogen) atoms. The molecule has 0 atom stereocenters. The molecule has 0 saturated heterocycles. The van der Waals surface area contributed by atoms with Gasteiger partial charge in [-0.3, -0.25) is 15.1 Å². The average Bonchev–Trinajstić information content (AvgIpc) is 3.59. The Morgan fingerprint density at radius 2 is 1.86 bits per heavy atom. The molecule has 9 heteroatoms. The fourth-order valence-corrected chi connectivity index (χ4v) is 4.28. The summed E-state index contributed by atoms with van der Waals surface area (Å²) >= 11 is 0. The molecule has 0 saturated carbocycles. The largest absolute Gasteiger partial charge is 0.335 e. The minimum atomic E-state index is 0.687. The van der Waals surface area contributed by atoms with Gasteiger partial charge in [-0.2, -0.15) is 5.10 Å². The van der Waals surface area contributed by atoms with E-state index < -0.39 is 0 Å². The summed E-state index contributed by atoms with van der Waals surface area (Å²) in [6.07, 6.45) is 12.1. The molecule has 0 amide bonds. The molecular formula is C26H25N9. The minimum Gasteiger partial charge on any atom is -0.335 e. The lowest BCUT2D eigenvalue weighted by Crippen LogP contribution is -2.15. The van der Waals surface area contributed by atoms with Crippen molar-refractivity contribution in [2.24, 2.45) is 0 Å². The van der Waals surface area contributed by atoms with E-state index in [1.165, 1.54) is 5.56 Å². The molecule has 0 aliphatic carbocycles. The van der Waals surface area contributed by atoms with Crippen molar-refractivity contribution in [1.82, 2.24) is 44.6 Å². The number of aromatic amines is 2. The van der Waals surface area contributed by atoms with Crippen LogP contribution in [0.4, 0.5) is 0 Å². The Hall–Kier alpha value is -4.37. The first-order valence-electron chi connectivity index (χ1n) is 11.5. The molecule has 5 aromatic heterocycles. The number of H-pyrrole nitrogens is 2. The molecule has 0 fully saturated rings. The molecule has 6 rings (SSSR count). The molecular weight excluding hydrogens is 438 g/mol. The topological polar surface area (TPSA) is 104 Å². The quantitative estimate of drug-likeness (QED) is 0.384. The zero-order chi connectivity index (χ0) is 23.9. The summed E-state index contributed by atoms with van der Waals surface area (Å²) in [6.45, 7) is 2.94. The molecule has 0 bridgehead atoms. The highest BCUT2D eigenvalue weighted by Gasteiger charge is 2.16. The average molecular weight is 464 g/mol. The summed E-state index contributed by atoms with van der Waals surface area (Å²) in [7, 11) is 4.17. The number of nitrogens with zero attached hydrogens (tertiary/aromatic N) is 7. The molecule has 0 aliphatic heterocycles. The van der Waals surface area contributed by atoms with E-state index in [9.17, 15) is 0 Å². The summed E-state index contributed by atoms with van der Waals surface area (Å²) in [5.41, 5.74) is 8.57. The zero-order valence-corrected chi connectivity index (χ0v) is 19.8. The van der Waals surface area contributed by atoms with Gasteiger partial charge in [0.15, 0.2) is 5.82 Å². The maximum absolute atomic E-state index is 4.90. The van der Waals surface area contributed by atoms with Gasteiger partial charge in [0.2, 0.25) is 0 Å². The summed E-state index contributed by atoms with van der Waals surface area (Å²) in [6, 6.07) is 8.51. The van der Waals surface area contributed by atoms with Crippen LogP contribution in [0.5, 0.6) is 0 Å². The number of hydrogen-bond donors (Lipinski definition) is 2. The fourth-order valence-electron chi connectivity index (χ4n) is 4.28. The maximum atomic E-state index is 4.90. The number of pyridine rings is 2. The molecule has 0 unspecified atom stereocenters. The second-order valence-electron chi connectivity index (χ2n) is 9.03. The predicted molar refractivity (Wildman–Crippen MR) is 136 cm³/mol. The molecule has 9 nitrogen and oxygen atoms in total. The molecule has 0 spiro atoms. The Labute approximate surface area is 201 Å². The van der Waals surface area contributed by atoms with Crippen LogP contribution in [0.15, 0.2) is 61.6 Å². The van der Waals surface area contributed by atoms with Crippen molar-refractivity contribution in [3.63, 3.8) is 0 Å². The Morgan fingerprint density at radius 1 is 0.971 bits per heavy atom. The van der Waals surface area contributed by atoms with Crippen molar-refractivity contribution in [3.05, 3.63) is 72.8 Å². The molecule has 0 aliphatic rings. The lowest BCUT2D eigenvalue weighted by Gasteiger charge is -2.10. The van der Waals surface area contributed by atoms with E-state index in [-0.39, 0.29) is 0 Å². The number of benzene rings is 1. The number of aryl methyl sites for hydroxylation is 1. The first kappa shape index (κ1) is 21.2. The van der Waals surface area contributed by atoms with Gasteiger partial charge in [0.1, 0.15) is 11.2 Å². The minimum absolute atomic E-state index is 0.687. The third kappa shape index (κ3) is 3.95. The van der Waals surface area contributed by atoms with E-state index in [2.05, 4.69) is 73.4 Å². The van der Waals surface area contributed by atoms with Gasteiger partial charge in [-0.05, 0) is 56.8 Å². The monoisotopic (exact) mass is 463 g/mol. The van der Waals surface area contributed by atoms with Crippen molar-refractivity contribution in [1.29, 1.82) is 0 Å². The van der Waals surface area contributed by atoms with Crippen LogP contribution in [0, 0.1) is 6.92 Å². The molecule has 1 aromatic carbocycles. The van der Waals surface area contributed by atoms with Gasteiger partial charge in [-0.15, -0.1) is 0 Å². The molecule has 6 aromatic rings. The van der Waals surface area contributed by atoms with Crippen molar-refractivity contribution >= 4 is 21.9 Å². The van der Waals surface area contributed by atoms with E-state index in [0.717, 1.165) is 63.1 Å². The van der Waals surface area contributed by atoms with Crippen LogP contribution in [-0.2, 0) is 6.42 Å². The molecule has 174 valence electrons. The van der Waals surface area contributed by atoms with Crippen LogP contribution in [0.25, 0.3) is 50.3 Å². The summed E-state index contributed by atoms with van der Waals surface area (Å²) in [5.74, 6) is 0.687. The molecule has 5 heterocycles. The van der Waals surface area contributed by atoms with Gasteiger partial charge in [-0.1, -0.05) is 6.07 Å². The van der Waals surface area contributed by atoms with Crippen molar-refractivity contribution < 1.29 is 0 Å². The number of likely N-dealkylation sites (N-methyl/N-ethyl adjacent to an activating group) is 1. The number of aromatic nitrogens is 8. The van der Waals surface area contributed by atoms with Crippen LogP contribution in [0.3, 0.4) is 0 Å². The Balaban J connectivity index is 1.41. The fraction of sp³-hybridized carbons (Fsp3) is 0.192. The third-order valence-electron chi connectivity index (χ3n) is 6.13. The maximum Gasteiger partial charge on any atom is 0.159 e. The Bertz CT molecular complexity index is 1650. The number of fused-ring (bicyclic) bond motifs is 2. The summed E-state index contributed by atoms with van der Waals surface area (Å²) in [4.78, 5) is 23.7. The van der Waals surface area contributed by atoms with E-state index in [0.29, 0.717) is 5.82 Å². The van der Waals surface area contributed by atoms with E-state index in [1.54, 1.807) is 18.7 Å². The van der Waals surface area contributed by atoms with Crippen molar-refractivity contribution in [2.45, 2.75) is 13.3 Å². The number of rotatable bonds is 6. The number of hydrogen-bond acceptors (Lipinski definition) is 6. The Kier molecular flexibility index (Phi) is 5.11. The second kappa shape index (κ2) is 8.44. The van der Waals surface area contributed by atoms with Crippen LogP contribution >= 0.6 is 0 Å². The van der Waals surface area contributed by atoms with Crippen LogP contribution in [0.1, 0.15) is 11.3 Å². The molecule has 0 radical (unpaired) electrons. The van der Waals surface area contributed by atoms with Gasteiger partial charge in [0, 0.05) is 36.1 Å². The Morgan fingerprint density at radius 3 is 2.69 bits per heavy atom. The van der Waals surface area contributed by atoms with Crippen LogP contribution < -0.4 is 0 Å². The van der Waals surface area contributed by atoms with Gasteiger partial charge < -0.3 is 14.5 Å². The molecule has 2 N–H and O–H groups in total. The van der Waals surface area contributed by atoms with Crippen LogP contribution in [0.2, 0.25) is 0 Å². The third-order valence-corrected chi connectivity index (χ3v) is 6.13. The van der Waals surface area contributed by atoms with E-state index in [1.807, 2.05) is 30.1 Å². The van der Waals surface area contributed by atoms with Gasteiger partial charge in [0.05, 0.1) is 41.1 Å². The first-order valence-corrected chi connectivity index (χ1v) is 11.5. The summed E-state index contributed by atoms with van der Waals surface area (Å²) in [5, 5.41) is 8.72. The normalized spacial score (nSPS) is 11.8. The van der Waals surface area contributed by atoms with Crippen LogP contribution in [-0.4, -0.2) is 65.2 Å². The smallest absolute Gasteiger partial charge is 0.159 e. The highest BCUT2D eigenvalue weighted by Crippen LogP contribution is 2.31. The van der Waals surface area contributed by atoms with E-state index in [4.69, 9.17) is 4.98 Å². The lowest BCUT2D eigenvalue weighted by molar-refractivity contribution is 0.413. The van der Waals surface area contributed by atoms with Gasteiger partial charge in [-0.25, -0.2) is 9.97 Å². The predicted octanol–water partition coefficient (Wildman–Crippen LogP) is 4.16. The highest BCUT2D eigenvalue weighted by atomic mass is 15.1. The van der Waals surface area contributed by atoms with Crippen molar-refractivity contribution in [3.8, 4) is 28.3 Å². The van der Waals surface area contributed by atoms with Crippen molar-refractivity contribution in [2.75, 3.05) is 20.6 Å².